The van der Waals surface area contributed by atoms with Crippen molar-refractivity contribution in [1.82, 2.24) is 0 Å². The molecule has 2 aliphatic carbocycles. The molecule has 0 unspecified atom stereocenters. The smallest absolute Gasteiger partial charge is 0.335 e. The number of carbonyl (C=O) groups is 3. The Kier molecular flexibility index (Phi) is 9.45. The fraction of sp³-hybridized carbons (Fsp3) is 0.727. The molecule has 0 aromatic rings. The first-order valence-electron chi connectivity index (χ1n) is 15.8. The van der Waals surface area contributed by atoms with Crippen molar-refractivity contribution in [3.63, 3.8) is 0 Å². The Morgan fingerprint density at radius 1 is 1.20 bits per heavy atom. The van der Waals surface area contributed by atoms with E-state index >= 15 is 0 Å². The van der Waals surface area contributed by atoms with Crippen molar-refractivity contribution in [3.8, 4) is 0 Å². The van der Waals surface area contributed by atoms with Crippen LogP contribution in [0.5, 0.6) is 0 Å². The van der Waals surface area contributed by atoms with Crippen molar-refractivity contribution in [2.75, 3.05) is 19.8 Å². The summed E-state index contributed by atoms with van der Waals surface area (Å²) in [6.45, 7) is 9.49. The Morgan fingerprint density at radius 3 is 2.64 bits per heavy atom. The number of epoxide rings is 1. The largest absolute Gasteiger partial charge is 0.463 e. The topological polar surface area (TPSA) is 150 Å². The van der Waals surface area contributed by atoms with Crippen LogP contribution in [0.4, 0.5) is 0 Å². The monoisotopic (exact) mass is 618 g/mol. The lowest BCUT2D eigenvalue weighted by molar-refractivity contribution is -0.242. The fourth-order valence-electron chi connectivity index (χ4n) is 7.59. The molecule has 0 radical (unpaired) electrons. The van der Waals surface area contributed by atoms with Crippen LogP contribution >= 0.6 is 0 Å². The van der Waals surface area contributed by atoms with Gasteiger partial charge in [-0.15, -0.1) is 0 Å². The Balaban J connectivity index is 1.54. The van der Waals surface area contributed by atoms with Gasteiger partial charge in [-0.2, -0.15) is 0 Å². The molecule has 1 saturated carbocycles. The molecule has 3 heterocycles. The standard InChI is InChI=1S/C33H46O11/c1-6-9-27(35)42-23-16-32-17-40-30(38)29(37)19(2)12-13-39-22(21(4)34)10-7-8-11-28(36)44-24-15-26(43-25(32)14-20(23)3)33(18-41-33)31(24,32)5/h7-8,10-11,14,19,21-26,29,34,37H,6,9,12-13,15-18H2,1-5H3/b10-7-,11-8+/t19-,21-,22+,23-,24+,25+,26+,29-,31+,32+,33-/m0/s1. The minimum atomic E-state index is -1.43. The molecule has 5 aliphatic rings. The second-order valence-corrected chi connectivity index (χ2v) is 13.2. The van der Waals surface area contributed by atoms with Gasteiger partial charge in [0.15, 0.2) is 6.10 Å². The highest BCUT2D eigenvalue weighted by Crippen LogP contribution is 2.72. The van der Waals surface area contributed by atoms with Crippen LogP contribution in [0.3, 0.4) is 0 Å². The van der Waals surface area contributed by atoms with Gasteiger partial charge < -0.3 is 38.6 Å². The van der Waals surface area contributed by atoms with Gasteiger partial charge in [0.2, 0.25) is 0 Å². The van der Waals surface area contributed by atoms with E-state index in [1.807, 2.05) is 26.8 Å². The van der Waals surface area contributed by atoms with E-state index in [0.717, 1.165) is 5.57 Å². The lowest BCUT2D eigenvalue weighted by atomic mass is 9.51. The molecular formula is C33H46O11. The average molecular weight is 619 g/mol. The molecule has 44 heavy (non-hydrogen) atoms. The fourth-order valence-corrected chi connectivity index (χ4v) is 7.59. The van der Waals surface area contributed by atoms with Crippen molar-refractivity contribution in [1.29, 1.82) is 0 Å². The number of esters is 3. The molecule has 3 fully saturated rings. The molecule has 0 amide bonds. The number of hydrogen-bond acceptors (Lipinski definition) is 11. The van der Waals surface area contributed by atoms with Gasteiger partial charge in [-0.1, -0.05) is 45.1 Å². The van der Waals surface area contributed by atoms with Gasteiger partial charge in [-0.3, -0.25) is 4.79 Å². The maximum absolute atomic E-state index is 13.3. The number of aliphatic hydroxyl groups is 2. The second kappa shape index (κ2) is 12.7. The zero-order valence-electron chi connectivity index (χ0n) is 26.2. The molecule has 11 heteroatoms. The van der Waals surface area contributed by atoms with E-state index in [4.69, 9.17) is 28.4 Å². The van der Waals surface area contributed by atoms with Crippen molar-refractivity contribution in [2.45, 2.75) is 115 Å². The Hall–Kier alpha value is -2.57. The highest BCUT2D eigenvalue weighted by atomic mass is 16.6. The second-order valence-electron chi connectivity index (χ2n) is 13.2. The van der Waals surface area contributed by atoms with Crippen LogP contribution in [-0.2, 0) is 42.8 Å². The zero-order chi connectivity index (χ0) is 31.9. The first kappa shape index (κ1) is 32.8. The van der Waals surface area contributed by atoms with Gasteiger partial charge in [0.1, 0.15) is 30.5 Å². The third-order valence-electron chi connectivity index (χ3n) is 10.5. The van der Waals surface area contributed by atoms with E-state index in [1.54, 1.807) is 26.0 Å². The number of cyclic esters (lactones) is 1. The summed E-state index contributed by atoms with van der Waals surface area (Å²) >= 11 is 0. The molecule has 5 rings (SSSR count). The lowest BCUT2D eigenvalue weighted by Crippen LogP contribution is -2.68. The molecular weight excluding hydrogens is 572 g/mol. The Labute approximate surface area is 258 Å². The maximum atomic E-state index is 13.3. The van der Waals surface area contributed by atoms with E-state index in [1.165, 1.54) is 12.2 Å². The number of hydrogen-bond donors (Lipinski definition) is 2. The van der Waals surface area contributed by atoms with Gasteiger partial charge >= 0.3 is 17.9 Å². The number of carbonyl (C=O) groups excluding carboxylic acids is 3. The summed E-state index contributed by atoms with van der Waals surface area (Å²) in [7, 11) is 0. The molecule has 11 atom stereocenters. The number of allylic oxidation sites excluding steroid dienone is 2. The van der Waals surface area contributed by atoms with Crippen LogP contribution in [0, 0.1) is 16.7 Å². The molecule has 11 nitrogen and oxygen atoms in total. The number of ether oxygens (including phenoxy) is 6. The first-order chi connectivity index (χ1) is 20.9. The molecule has 244 valence electrons. The number of rotatable bonds is 4. The first-order valence-corrected chi connectivity index (χ1v) is 15.8. The van der Waals surface area contributed by atoms with Crippen LogP contribution in [0.2, 0.25) is 0 Å². The zero-order valence-corrected chi connectivity index (χ0v) is 26.2. The molecule has 3 aliphatic heterocycles. The summed E-state index contributed by atoms with van der Waals surface area (Å²) in [5.74, 6) is -2.19. The normalized spacial score (nSPS) is 44.6. The third-order valence-corrected chi connectivity index (χ3v) is 10.5. The SMILES string of the molecule is CCCC(=O)O[C@H]1C[C@@]23COC(=O)[C@@H](O)[C@@H](C)CCO[C@@H]([C@H](C)O)/C=C\C=C\C(=O)O[C@@H]4C[C@@H](O[C@@H]2C=C1C)[C@@]1(CO1)[C@]43C. The summed E-state index contributed by atoms with van der Waals surface area (Å²) < 4.78 is 36.6. The molecule has 2 N–H and O–H groups in total. The lowest BCUT2D eigenvalue weighted by Gasteiger charge is -2.59. The van der Waals surface area contributed by atoms with Crippen molar-refractivity contribution in [3.05, 3.63) is 36.0 Å². The summed E-state index contributed by atoms with van der Waals surface area (Å²) in [6, 6.07) is 0. The van der Waals surface area contributed by atoms with Gasteiger partial charge in [-0.05, 0) is 38.2 Å². The number of aliphatic hydroxyl groups excluding tert-OH is 2. The molecule has 2 spiro atoms. The molecule has 2 bridgehead atoms. The Bertz CT molecular complexity index is 1200. The van der Waals surface area contributed by atoms with E-state index in [2.05, 4.69) is 0 Å². The predicted octanol–water partition coefficient (Wildman–Crippen LogP) is 2.72. The predicted molar refractivity (Wildman–Crippen MR) is 156 cm³/mol. The van der Waals surface area contributed by atoms with Crippen molar-refractivity contribution in [2.24, 2.45) is 16.7 Å². The van der Waals surface area contributed by atoms with E-state index in [9.17, 15) is 24.6 Å². The maximum Gasteiger partial charge on any atom is 0.335 e. The van der Waals surface area contributed by atoms with Crippen molar-refractivity contribution < 1.29 is 53.0 Å². The quantitative estimate of drug-likeness (QED) is 0.207. The van der Waals surface area contributed by atoms with Crippen LogP contribution in [0.25, 0.3) is 0 Å². The van der Waals surface area contributed by atoms with Crippen LogP contribution < -0.4 is 0 Å². The molecule has 0 aromatic heterocycles. The molecule has 0 aromatic carbocycles. The van der Waals surface area contributed by atoms with Gasteiger partial charge in [0.25, 0.3) is 0 Å². The van der Waals surface area contributed by atoms with Gasteiger partial charge in [-0.25, -0.2) is 9.59 Å². The summed E-state index contributed by atoms with van der Waals surface area (Å²) in [5.41, 5.74) is -1.86. The van der Waals surface area contributed by atoms with Crippen LogP contribution in [0.15, 0.2) is 36.0 Å². The highest BCUT2D eigenvalue weighted by Gasteiger charge is 2.83. The Morgan fingerprint density at radius 2 is 1.95 bits per heavy atom. The molecule has 2 saturated heterocycles. The third kappa shape index (κ3) is 5.66. The van der Waals surface area contributed by atoms with E-state index in [-0.39, 0.29) is 38.1 Å². The van der Waals surface area contributed by atoms with Crippen LogP contribution in [0.1, 0.15) is 66.7 Å². The van der Waals surface area contributed by atoms with E-state index < -0.39 is 70.9 Å². The summed E-state index contributed by atoms with van der Waals surface area (Å²) in [4.78, 5) is 39.2. The van der Waals surface area contributed by atoms with Crippen molar-refractivity contribution >= 4 is 17.9 Å². The van der Waals surface area contributed by atoms with Crippen LogP contribution in [-0.4, -0.2) is 96.3 Å². The van der Waals surface area contributed by atoms with Gasteiger partial charge in [0, 0.05) is 31.9 Å². The van der Waals surface area contributed by atoms with E-state index in [0.29, 0.717) is 25.9 Å². The minimum absolute atomic E-state index is 0.173. The van der Waals surface area contributed by atoms with Gasteiger partial charge in [0.05, 0.1) is 35.7 Å². The minimum Gasteiger partial charge on any atom is -0.463 e. The summed E-state index contributed by atoms with van der Waals surface area (Å²) in [6.07, 6.45) is 4.81. The summed E-state index contributed by atoms with van der Waals surface area (Å²) in [5, 5.41) is 21.1. The highest BCUT2D eigenvalue weighted by molar-refractivity contribution is 5.82. The average Bonchev–Trinajstić information content (AvgIpc) is 3.75.